The molecule has 1 aromatic heterocycles. The van der Waals surface area contributed by atoms with Gasteiger partial charge in [-0.05, 0) is 61.9 Å². The van der Waals surface area contributed by atoms with Crippen molar-refractivity contribution in [3.63, 3.8) is 0 Å². The molecule has 3 rings (SSSR count). The lowest BCUT2D eigenvalue weighted by molar-refractivity contribution is 0.103. The second-order valence-electron chi connectivity index (χ2n) is 6.79. The molecule has 1 aromatic carbocycles. The van der Waals surface area contributed by atoms with E-state index in [4.69, 9.17) is 0 Å². The lowest BCUT2D eigenvalue weighted by atomic mass is 9.99. The summed E-state index contributed by atoms with van der Waals surface area (Å²) in [4.78, 5) is 14.9. The standard InChI is InChI=1S/C20H26N2O3S2/c1-4-22(5-2)27(24,25)16-11-10-14(3)17(13-16)21-20(23)19-12-15-8-6-7-9-18(15)26-19/h10-13H,4-9H2,1-3H3,(H,21,23). The summed E-state index contributed by atoms with van der Waals surface area (Å²) in [5.41, 5.74) is 2.66. The minimum atomic E-state index is -3.56. The third-order valence-corrected chi connectivity index (χ3v) is 8.30. The number of thiophene rings is 1. The van der Waals surface area contributed by atoms with Gasteiger partial charge in [0, 0.05) is 23.7 Å². The number of benzene rings is 1. The van der Waals surface area contributed by atoms with Gasteiger partial charge in [0.15, 0.2) is 0 Å². The quantitative estimate of drug-likeness (QED) is 0.781. The van der Waals surface area contributed by atoms with Crippen molar-refractivity contribution in [2.45, 2.75) is 51.3 Å². The molecule has 1 aliphatic rings. The highest BCUT2D eigenvalue weighted by Gasteiger charge is 2.23. The zero-order chi connectivity index (χ0) is 19.6. The van der Waals surface area contributed by atoms with Crippen molar-refractivity contribution < 1.29 is 13.2 Å². The van der Waals surface area contributed by atoms with E-state index in [-0.39, 0.29) is 10.8 Å². The molecule has 0 atom stereocenters. The van der Waals surface area contributed by atoms with Gasteiger partial charge in [0.25, 0.3) is 5.91 Å². The maximum absolute atomic E-state index is 12.8. The number of carbonyl (C=O) groups is 1. The van der Waals surface area contributed by atoms with Crippen LogP contribution in [0.25, 0.3) is 0 Å². The van der Waals surface area contributed by atoms with Gasteiger partial charge < -0.3 is 5.32 Å². The Morgan fingerprint density at radius 2 is 1.85 bits per heavy atom. The van der Waals surface area contributed by atoms with Gasteiger partial charge in [-0.1, -0.05) is 19.9 Å². The third-order valence-electron chi connectivity index (χ3n) is 5.02. The van der Waals surface area contributed by atoms with Crippen LogP contribution in [0.2, 0.25) is 0 Å². The zero-order valence-electron chi connectivity index (χ0n) is 16.0. The second-order valence-corrected chi connectivity index (χ2v) is 9.86. The molecule has 7 heteroatoms. The Morgan fingerprint density at radius 1 is 1.15 bits per heavy atom. The van der Waals surface area contributed by atoms with Crippen LogP contribution in [-0.4, -0.2) is 31.7 Å². The number of amides is 1. The van der Waals surface area contributed by atoms with Crippen LogP contribution in [0, 0.1) is 6.92 Å². The largest absolute Gasteiger partial charge is 0.321 e. The van der Waals surface area contributed by atoms with Gasteiger partial charge in [-0.25, -0.2) is 8.42 Å². The Bertz CT molecular complexity index is 921. The predicted molar refractivity (Wildman–Crippen MR) is 110 cm³/mol. The van der Waals surface area contributed by atoms with Gasteiger partial charge in [0.1, 0.15) is 0 Å². The summed E-state index contributed by atoms with van der Waals surface area (Å²) < 4.78 is 26.9. The van der Waals surface area contributed by atoms with Gasteiger partial charge in [-0.3, -0.25) is 4.79 Å². The first kappa shape index (κ1) is 20.0. The number of rotatable bonds is 6. The highest BCUT2D eigenvalue weighted by Crippen LogP contribution is 2.31. The van der Waals surface area contributed by atoms with E-state index in [1.165, 1.54) is 27.6 Å². The summed E-state index contributed by atoms with van der Waals surface area (Å²) in [7, 11) is -3.56. The monoisotopic (exact) mass is 406 g/mol. The first-order chi connectivity index (χ1) is 12.9. The Kier molecular flexibility index (Phi) is 6.03. The molecular weight excluding hydrogens is 380 g/mol. The van der Waals surface area contributed by atoms with E-state index in [1.807, 2.05) is 26.8 Å². The first-order valence-corrected chi connectivity index (χ1v) is 11.7. The number of aryl methyl sites for hydroxylation is 3. The number of anilines is 1. The van der Waals surface area contributed by atoms with Crippen LogP contribution < -0.4 is 5.32 Å². The molecule has 2 aromatic rings. The number of nitrogens with one attached hydrogen (secondary N) is 1. The van der Waals surface area contributed by atoms with Crippen LogP contribution in [0.15, 0.2) is 29.2 Å². The molecule has 0 saturated heterocycles. The van der Waals surface area contributed by atoms with Crippen molar-refractivity contribution in [1.82, 2.24) is 4.31 Å². The minimum absolute atomic E-state index is 0.171. The summed E-state index contributed by atoms with van der Waals surface area (Å²) in [5, 5.41) is 2.91. The van der Waals surface area contributed by atoms with Crippen LogP contribution in [0.3, 0.4) is 0 Å². The van der Waals surface area contributed by atoms with E-state index in [2.05, 4.69) is 5.32 Å². The molecule has 0 aliphatic heterocycles. The number of nitrogens with zero attached hydrogens (tertiary/aromatic N) is 1. The van der Waals surface area contributed by atoms with Crippen molar-refractivity contribution in [3.8, 4) is 0 Å². The molecule has 1 aliphatic carbocycles. The van der Waals surface area contributed by atoms with Crippen LogP contribution in [0.5, 0.6) is 0 Å². The van der Waals surface area contributed by atoms with E-state index in [9.17, 15) is 13.2 Å². The van der Waals surface area contributed by atoms with Crippen LogP contribution in [0.4, 0.5) is 5.69 Å². The maximum Gasteiger partial charge on any atom is 0.265 e. The number of carbonyl (C=O) groups excluding carboxylic acids is 1. The van der Waals surface area contributed by atoms with Gasteiger partial charge in [0.2, 0.25) is 10.0 Å². The lowest BCUT2D eigenvalue weighted by Crippen LogP contribution is -2.30. The molecule has 0 bridgehead atoms. The summed E-state index contributed by atoms with van der Waals surface area (Å²) in [5.74, 6) is -0.171. The fourth-order valence-corrected chi connectivity index (χ4v) is 6.03. The van der Waals surface area contributed by atoms with Gasteiger partial charge in [-0.15, -0.1) is 11.3 Å². The van der Waals surface area contributed by atoms with Crippen molar-refractivity contribution in [3.05, 3.63) is 45.1 Å². The highest BCUT2D eigenvalue weighted by molar-refractivity contribution is 7.89. The Labute approximate surface area is 165 Å². The first-order valence-electron chi connectivity index (χ1n) is 9.40. The summed E-state index contributed by atoms with van der Waals surface area (Å²) >= 11 is 1.55. The average Bonchev–Trinajstić information content (AvgIpc) is 3.08. The molecular formula is C20H26N2O3S2. The Hall–Kier alpha value is -1.70. The summed E-state index contributed by atoms with van der Waals surface area (Å²) in [6, 6.07) is 6.89. The van der Waals surface area contributed by atoms with E-state index < -0.39 is 10.0 Å². The molecule has 0 saturated carbocycles. The molecule has 146 valence electrons. The Morgan fingerprint density at radius 3 is 2.52 bits per heavy atom. The van der Waals surface area contributed by atoms with Crippen molar-refractivity contribution in [2.24, 2.45) is 0 Å². The SMILES string of the molecule is CCN(CC)S(=O)(=O)c1ccc(C)c(NC(=O)c2cc3c(s2)CCCC3)c1. The smallest absolute Gasteiger partial charge is 0.265 e. The predicted octanol–water partition coefficient (Wildman–Crippen LogP) is 4.22. The Balaban J connectivity index is 1.86. The summed E-state index contributed by atoms with van der Waals surface area (Å²) in [6.07, 6.45) is 4.44. The maximum atomic E-state index is 12.8. The van der Waals surface area contributed by atoms with Crippen molar-refractivity contribution in [2.75, 3.05) is 18.4 Å². The molecule has 1 heterocycles. The number of sulfonamides is 1. The molecule has 0 unspecified atom stereocenters. The third kappa shape index (κ3) is 4.10. The molecule has 0 fully saturated rings. The zero-order valence-corrected chi connectivity index (χ0v) is 17.7. The lowest BCUT2D eigenvalue weighted by Gasteiger charge is -2.19. The fourth-order valence-electron chi connectivity index (χ4n) is 3.40. The molecule has 5 nitrogen and oxygen atoms in total. The van der Waals surface area contributed by atoms with E-state index in [0.717, 1.165) is 18.4 Å². The number of fused-ring (bicyclic) bond motifs is 1. The van der Waals surface area contributed by atoms with Gasteiger partial charge in [-0.2, -0.15) is 4.31 Å². The molecule has 1 N–H and O–H groups in total. The molecule has 27 heavy (non-hydrogen) atoms. The number of hydrogen-bond donors (Lipinski definition) is 1. The second kappa shape index (κ2) is 8.12. The normalized spacial score (nSPS) is 14.2. The molecule has 0 spiro atoms. The molecule has 0 radical (unpaired) electrons. The average molecular weight is 407 g/mol. The molecule has 1 amide bonds. The minimum Gasteiger partial charge on any atom is -0.321 e. The van der Waals surface area contributed by atoms with Gasteiger partial charge in [0.05, 0.1) is 9.77 Å². The fraction of sp³-hybridized carbons (Fsp3) is 0.450. The van der Waals surface area contributed by atoms with Gasteiger partial charge >= 0.3 is 0 Å². The highest BCUT2D eigenvalue weighted by atomic mass is 32.2. The van der Waals surface area contributed by atoms with Crippen LogP contribution in [0.1, 0.15) is 52.4 Å². The van der Waals surface area contributed by atoms with Crippen molar-refractivity contribution in [1.29, 1.82) is 0 Å². The topological polar surface area (TPSA) is 66.5 Å². The van der Waals surface area contributed by atoms with Crippen LogP contribution >= 0.6 is 11.3 Å². The number of hydrogen-bond acceptors (Lipinski definition) is 4. The van der Waals surface area contributed by atoms with Crippen molar-refractivity contribution >= 4 is 33.0 Å². The van der Waals surface area contributed by atoms with E-state index in [0.29, 0.717) is 23.7 Å². The van der Waals surface area contributed by atoms with E-state index >= 15 is 0 Å². The van der Waals surface area contributed by atoms with Crippen LogP contribution in [-0.2, 0) is 22.9 Å². The summed E-state index contributed by atoms with van der Waals surface area (Å²) in [6.45, 7) is 6.32. The van der Waals surface area contributed by atoms with E-state index in [1.54, 1.807) is 29.5 Å².